The van der Waals surface area contributed by atoms with Gasteiger partial charge in [0.05, 0.1) is 24.9 Å². The molecule has 0 saturated heterocycles. The van der Waals surface area contributed by atoms with Gasteiger partial charge in [0.25, 0.3) is 0 Å². The third-order valence-electron chi connectivity index (χ3n) is 3.37. The highest BCUT2D eigenvalue weighted by Gasteiger charge is 2.16. The highest BCUT2D eigenvalue weighted by atomic mass is 16.5. The van der Waals surface area contributed by atoms with Gasteiger partial charge in [0.2, 0.25) is 0 Å². The molecule has 0 bridgehead atoms. The average molecular weight is 265 g/mol. The minimum absolute atomic E-state index is 0.299. The van der Waals surface area contributed by atoms with E-state index in [1.807, 2.05) is 36.4 Å². The van der Waals surface area contributed by atoms with Crippen molar-refractivity contribution in [3.8, 4) is 5.75 Å². The standard InChI is InChI=1S/C16H15N3O/c1-20-14-10-18-9-7-12(14)15(17)13-6-2-4-11-5-3-8-19-16(11)13/h2-10,15H,17H2,1H3. The number of methoxy groups -OCH3 is 1. The lowest BCUT2D eigenvalue weighted by molar-refractivity contribution is 0.406. The van der Waals surface area contributed by atoms with Gasteiger partial charge in [0.15, 0.2) is 0 Å². The molecule has 20 heavy (non-hydrogen) atoms. The number of aromatic nitrogens is 2. The summed E-state index contributed by atoms with van der Waals surface area (Å²) in [5, 5.41) is 1.08. The van der Waals surface area contributed by atoms with Crippen LogP contribution in [-0.4, -0.2) is 17.1 Å². The molecule has 3 aromatic rings. The van der Waals surface area contributed by atoms with Crippen molar-refractivity contribution in [3.05, 3.63) is 66.1 Å². The molecule has 2 N–H and O–H groups in total. The molecule has 0 saturated carbocycles. The molecule has 0 spiro atoms. The third kappa shape index (κ3) is 2.10. The van der Waals surface area contributed by atoms with Gasteiger partial charge in [-0.3, -0.25) is 9.97 Å². The summed E-state index contributed by atoms with van der Waals surface area (Å²) in [5.74, 6) is 0.688. The number of fused-ring (bicyclic) bond motifs is 1. The normalized spacial score (nSPS) is 12.3. The molecule has 100 valence electrons. The Kier molecular flexibility index (Phi) is 3.31. The van der Waals surface area contributed by atoms with E-state index in [-0.39, 0.29) is 6.04 Å². The van der Waals surface area contributed by atoms with Crippen LogP contribution in [0.25, 0.3) is 10.9 Å². The van der Waals surface area contributed by atoms with Crippen LogP contribution in [0.4, 0.5) is 0 Å². The van der Waals surface area contributed by atoms with Gasteiger partial charge in [-0.05, 0) is 17.7 Å². The second kappa shape index (κ2) is 5.27. The number of para-hydroxylation sites is 1. The molecular weight excluding hydrogens is 250 g/mol. The Labute approximate surface area is 117 Å². The van der Waals surface area contributed by atoms with E-state index in [1.165, 1.54) is 0 Å². The summed E-state index contributed by atoms with van der Waals surface area (Å²) < 4.78 is 5.34. The number of pyridine rings is 2. The molecule has 2 heterocycles. The Morgan fingerprint density at radius 3 is 2.75 bits per heavy atom. The molecule has 3 rings (SSSR count). The summed E-state index contributed by atoms with van der Waals surface area (Å²) in [6.07, 6.45) is 5.17. The van der Waals surface area contributed by atoms with Crippen LogP contribution in [0.5, 0.6) is 5.75 Å². The largest absolute Gasteiger partial charge is 0.495 e. The third-order valence-corrected chi connectivity index (χ3v) is 3.37. The molecule has 2 aromatic heterocycles. The van der Waals surface area contributed by atoms with E-state index >= 15 is 0 Å². The molecular formula is C16H15N3O. The Bertz CT molecular complexity index is 737. The van der Waals surface area contributed by atoms with Crippen molar-refractivity contribution in [1.82, 2.24) is 9.97 Å². The van der Waals surface area contributed by atoms with Crippen molar-refractivity contribution < 1.29 is 4.74 Å². The molecule has 0 aliphatic heterocycles. The van der Waals surface area contributed by atoms with Crippen LogP contribution >= 0.6 is 0 Å². The Balaban J connectivity index is 2.15. The van der Waals surface area contributed by atoms with Crippen molar-refractivity contribution >= 4 is 10.9 Å². The van der Waals surface area contributed by atoms with Gasteiger partial charge in [0.1, 0.15) is 5.75 Å². The van der Waals surface area contributed by atoms with E-state index in [0.29, 0.717) is 5.75 Å². The summed E-state index contributed by atoms with van der Waals surface area (Å²) in [5.41, 5.74) is 9.21. The minimum atomic E-state index is -0.299. The van der Waals surface area contributed by atoms with Gasteiger partial charge in [-0.2, -0.15) is 0 Å². The fourth-order valence-corrected chi connectivity index (χ4v) is 2.36. The Hall–Kier alpha value is -2.46. The van der Waals surface area contributed by atoms with Crippen LogP contribution in [-0.2, 0) is 0 Å². The molecule has 0 aliphatic rings. The molecule has 4 heteroatoms. The first-order chi connectivity index (χ1) is 9.81. The smallest absolute Gasteiger partial charge is 0.142 e. The van der Waals surface area contributed by atoms with Gasteiger partial charge in [-0.25, -0.2) is 0 Å². The molecule has 4 nitrogen and oxygen atoms in total. The van der Waals surface area contributed by atoms with E-state index in [2.05, 4.69) is 9.97 Å². The zero-order valence-electron chi connectivity index (χ0n) is 11.2. The van der Waals surface area contributed by atoms with Gasteiger partial charge in [0, 0.05) is 23.3 Å². The number of benzene rings is 1. The van der Waals surface area contributed by atoms with Crippen LogP contribution in [0.1, 0.15) is 17.2 Å². The maximum atomic E-state index is 6.41. The molecule has 0 radical (unpaired) electrons. The maximum Gasteiger partial charge on any atom is 0.142 e. The molecule has 1 aromatic carbocycles. The number of rotatable bonds is 3. The average Bonchev–Trinajstić information content (AvgIpc) is 2.53. The number of nitrogens with zero attached hydrogens (tertiary/aromatic N) is 2. The first kappa shape index (κ1) is 12.6. The van der Waals surface area contributed by atoms with Crippen LogP contribution in [0.15, 0.2) is 55.0 Å². The second-order valence-electron chi connectivity index (χ2n) is 4.52. The zero-order valence-corrected chi connectivity index (χ0v) is 11.2. The second-order valence-corrected chi connectivity index (χ2v) is 4.52. The lowest BCUT2D eigenvalue weighted by atomic mass is 9.97. The fourth-order valence-electron chi connectivity index (χ4n) is 2.36. The van der Waals surface area contributed by atoms with E-state index in [0.717, 1.165) is 22.0 Å². The zero-order chi connectivity index (χ0) is 13.9. The molecule has 0 aliphatic carbocycles. The van der Waals surface area contributed by atoms with Crippen molar-refractivity contribution in [1.29, 1.82) is 0 Å². The van der Waals surface area contributed by atoms with Crippen molar-refractivity contribution in [2.45, 2.75) is 6.04 Å². The lowest BCUT2D eigenvalue weighted by Crippen LogP contribution is -2.14. The van der Waals surface area contributed by atoms with Crippen LogP contribution in [0.2, 0.25) is 0 Å². The van der Waals surface area contributed by atoms with Crippen LogP contribution < -0.4 is 10.5 Å². The number of hydrogen-bond acceptors (Lipinski definition) is 4. The van der Waals surface area contributed by atoms with E-state index in [9.17, 15) is 0 Å². The summed E-state index contributed by atoms with van der Waals surface area (Å²) in [6, 6.07) is 11.6. The van der Waals surface area contributed by atoms with Crippen molar-refractivity contribution in [2.24, 2.45) is 5.73 Å². The molecule has 0 amide bonds. The predicted octanol–water partition coefficient (Wildman–Crippen LogP) is 2.69. The van der Waals surface area contributed by atoms with Crippen LogP contribution in [0, 0.1) is 0 Å². The van der Waals surface area contributed by atoms with Crippen LogP contribution in [0.3, 0.4) is 0 Å². The highest BCUT2D eigenvalue weighted by molar-refractivity contribution is 5.82. The van der Waals surface area contributed by atoms with E-state index in [1.54, 1.807) is 25.7 Å². The summed E-state index contributed by atoms with van der Waals surface area (Å²) in [4.78, 5) is 8.51. The van der Waals surface area contributed by atoms with Gasteiger partial charge in [-0.15, -0.1) is 0 Å². The van der Waals surface area contributed by atoms with Crippen molar-refractivity contribution in [2.75, 3.05) is 7.11 Å². The van der Waals surface area contributed by atoms with E-state index < -0.39 is 0 Å². The molecule has 1 atom stereocenters. The monoisotopic (exact) mass is 265 g/mol. The topological polar surface area (TPSA) is 61.0 Å². The summed E-state index contributed by atoms with van der Waals surface area (Å²) in [6.45, 7) is 0. The first-order valence-electron chi connectivity index (χ1n) is 6.38. The molecule has 1 unspecified atom stereocenters. The predicted molar refractivity (Wildman–Crippen MR) is 78.6 cm³/mol. The minimum Gasteiger partial charge on any atom is -0.495 e. The van der Waals surface area contributed by atoms with Crippen molar-refractivity contribution in [3.63, 3.8) is 0 Å². The summed E-state index contributed by atoms with van der Waals surface area (Å²) in [7, 11) is 1.62. The van der Waals surface area contributed by atoms with Gasteiger partial charge >= 0.3 is 0 Å². The highest BCUT2D eigenvalue weighted by Crippen LogP contribution is 2.30. The quantitative estimate of drug-likeness (QED) is 0.791. The Morgan fingerprint density at radius 2 is 1.90 bits per heavy atom. The number of nitrogens with two attached hydrogens (primary N) is 1. The number of ether oxygens (including phenoxy) is 1. The fraction of sp³-hybridized carbons (Fsp3) is 0.125. The van der Waals surface area contributed by atoms with Gasteiger partial charge in [-0.1, -0.05) is 24.3 Å². The first-order valence-corrected chi connectivity index (χ1v) is 6.38. The SMILES string of the molecule is COc1cnccc1C(N)c1cccc2cccnc12. The Morgan fingerprint density at radius 1 is 1.05 bits per heavy atom. The molecule has 0 fully saturated rings. The lowest BCUT2D eigenvalue weighted by Gasteiger charge is -2.16. The van der Waals surface area contributed by atoms with Gasteiger partial charge < -0.3 is 10.5 Å². The number of hydrogen-bond donors (Lipinski definition) is 1. The van der Waals surface area contributed by atoms with E-state index in [4.69, 9.17) is 10.5 Å². The summed E-state index contributed by atoms with van der Waals surface area (Å²) >= 11 is 0. The maximum absolute atomic E-state index is 6.41.